The minimum absolute atomic E-state index is 0.0173. The van der Waals surface area contributed by atoms with E-state index >= 15 is 0 Å². The number of nitrogens with zero attached hydrogens (tertiary/aromatic N) is 3. The molecule has 1 aliphatic heterocycles. The second kappa shape index (κ2) is 5.91. The van der Waals surface area contributed by atoms with Crippen molar-refractivity contribution in [2.75, 3.05) is 0 Å². The third-order valence-electron chi connectivity index (χ3n) is 5.77. The van der Waals surface area contributed by atoms with Gasteiger partial charge >= 0.3 is 6.55 Å². The molecule has 0 amide bonds. The number of alkyl halides is 2. The van der Waals surface area contributed by atoms with E-state index in [-0.39, 0.29) is 11.0 Å². The van der Waals surface area contributed by atoms with Gasteiger partial charge in [0.25, 0.3) is 5.56 Å². The number of imidazole rings is 1. The summed E-state index contributed by atoms with van der Waals surface area (Å²) < 4.78 is 29.3. The average molecular weight is 403 g/mol. The number of nitrogens with one attached hydrogen (secondary N) is 1. The summed E-state index contributed by atoms with van der Waals surface area (Å²) in [5.41, 5.74) is 0.525. The van der Waals surface area contributed by atoms with Crippen molar-refractivity contribution >= 4 is 39.2 Å². The molecule has 0 saturated heterocycles. The van der Waals surface area contributed by atoms with Crippen molar-refractivity contribution in [2.45, 2.75) is 31.9 Å². The van der Waals surface area contributed by atoms with Crippen LogP contribution >= 0.6 is 11.6 Å². The molecule has 0 bridgehead atoms. The van der Waals surface area contributed by atoms with E-state index < -0.39 is 17.6 Å². The first-order valence-electron chi connectivity index (χ1n) is 9.06. The van der Waals surface area contributed by atoms with Gasteiger partial charge in [0.05, 0.1) is 22.3 Å². The van der Waals surface area contributed by atoms with Crippen molar-refractivity contribution in [3.63, 3.8) is 0 Å². The Morgan fingerprint density at radius 1 is 1.36 bits per heavy atom. The SMILES string of the molecule is CC1(C2CC2)NC=CC=C1n1c(=O)c2ncn(C(F)F)c2c2ccc(Cl)cc21. The molecule has 1 saturated carbocycles. The summed E-state index contributed by atoms with van der Waals surface area (Å²) in [5, 5.41) is 4.33. The Morgan fingerprint density at radius 3 is 2.86 bits per heavy atom. The number of benzene rings is 1. The van der Waals surface area contributed by atoms with E-state index in [1.807, 2.05) is 18.4 Å². The first-order valence-corrected chi connectivity index (χ1v) is 9.44. The van der Waals surface area contributed by atoms with Crippen LogP contribution in [0.15, 0.2) is 47.7 Å². The van der Waals surface area contributed by atoms with Gasteiger partial charge in [0, 0.05) is 10.4 Å². The van der Waals surface area contributed by atoms with Crippen LogP contribution in [-0.2, 0) is 0 Å². The van der Waals surface area contributed by atoms with E-state index in [4.69, 9.17) is 11.6 Å². The zero-order chi connectivity index (χ0) is 19.6. The monoisotopic (exact) mass is 402 g/mol. The summed E-state index contributed by atoms with van der Waals surface area (Å²) in [6.07, 6.45) is 8.74. The van der Waals surface area contributed by atoms with Gasteiger partial charge in [-0.25, -0.2) is 4.98 Å². The molecule has 1 N–H and O–H groups in total. The Bertz CT molecular complexity index is 1240. The van der Waals surface area contributed by atoms with E-state index in [9.17, 15) is 13.6 Å². The highest BCUT2D eigenvalue weighted by Crippen LogP contribution is 2.46. The van der Waals surface area contributed by atoms with Gasteiger partial charge in [0.2, 0.25) is 0 Å². The Morgan fingerprint density at radius 2 is 2.14 bits per heavy atom. The Labute approximate surface area is 163 Å². The fourth-order valence-corrected chi connectivity index (χ4v) is 4.35. The first-order chi connectivity index (χ1) is 13.4. The second-order valence-corrected chi connectivity index (χ2v) is 7.90. The van der Waals surface area contributed by atoms with Crippen molar-refractivity contribution in [3.8, 4) is 0 Å². The molecule has 8 heteroatoms. The molecule has 1 aliphatic carbocycles. The van der Waals surface area contributed by atoms with E-state index in [0.717, 1.165) is 29.4 Å². The molecule has 3 heterocycles. The molecule has 5 nitrogen and oxygen atoms in total. The van der Waals surface area contributed by atoms with Gasteiger partial charge in [-0.1, -0.05) is 11.6 Å². The van der Waals surface area contributed by atoms with Crippen LogP contribution in [0.5, 0.6) is 0 Å². The highest BCUT2D eigenvalue weighted by atomic mass is 35.5. The number of rotatable bonds is 3. The van der Waals surface area contributed by atoms with Gasteiger partial charge in [-0.3, -0.25) is 13.9 Å². The zero-order valence-corrected chi connectivity index (χ0v) is 15.8. The molecular formula is C20H17ClF2N4O. The van der Waals surface area contributed by atoms with Gasteiger partial charge in [-0.05, 0) is 62.2 Å². The minimum atomic E-state index is -2.80. The van der Waals surface area contributed by atoms with Crippen LogP contribution in [0, 0.1) is 5.92 Å². The Kier molecular flexibility index (Phi) is 3.68. The molecule has 0 radical (unpaired) electrons. The van der Waals surface area contributed by atoms with Gasteiger partial charge < -0.3 is 5.32 Å². The highest BCUT2D eigenvalue weighted by Gasteiger charge is 2.45. The smallest absolute Gasteiger partial charge is 0.320 e. The lowest BCUT2D eigenvalue weighted by Gasteiger charge is -2.36. The predicted molar refractivity (Wildman–Crippen MR) is 105 cm³/mol. The van der Waals surface area contributed by atoms with Crippen LogP contribution in [0.25, 0.3) is 27.6 Å². The molecule has 1 unspecified atom stereocenters. The summed E-state index contributed by atoms with van der Waals surface area (Å²) in [5.74, 6) is 0.388. The number of hydrogen-bond acceptors (Lipinski definition) is 3. The van der Waals surface area contributed by atoms with Crippen LogP contribution < -0.4 is 10.9 Å². The Balaban J connectivity index is 1.92. The molecular weight excluding hydrogens is 386 g/mol. The first kappa shape index (κ1) is 17.4. The normalized spacial score (nSPS) is 22.1. The average Bonchev–Trinajstić information content (AvgIpc) is 3.42. The number of halogens is 3. The minimum Gasteiger partial charge on any atom is -0.380 e. The predicted octanol–water partition coefficient (Wildman–Crippen LogP) is 4.53. The van der Waals surface area contributed by atoms with Crippen LogP contribution in [0.1, 0.15) is 26.3 Å². The molecule has 2 aromatic heterocycles. The lowest BCUT2D eigenvalue weighted by molar-refractivity contribution is 0.0748. The van der Waals surface area contributed by atoms with Crippen molar-refractivity contribution in [1.29, 1.82) is 0 Å². The maximum atomic E-state index is 13.5. The molecule has 5 rings (SSSR count). The van der Waals surface area contributed by atoms with Gasteiger partial charge in [-0.2, -0.15) is 8.78 Å². The molecule has 1 atom stereocenters. The number of fused-ring (bicyclic) bond motifs is 3. The van der Waals surface area contributed by atoms with Crippen molar-refractivity contribution in [2.24, 2.45) is 5.92 Å². The summed E-state index contributed by atoms with van der Waals surface area (Å²) in [6.45, 7) is -0.737. The van der Waals surface area contributed by atoms with E-state index in [2.05, 4.69) is 17.2 Å². The molecule has 3 aromatic rings. The third kappa shape index (κ3) is 2.35. The summed E-state index contributed by atoms with van der Waals surface area (Å²) in [6, 6.07) is 4.94. The molecule has 1 aromatic carbocycles. The van der Waals surface area contributed by atoms with E-state index in [0.29, 0.717) is 21.8 Å². The van der Waals surface area contributed by atoms with Gasteiger partial charge in [0.15, 0.2) is 5.52 Å². The third-order valence-corrected chi connectivity index (χ3v) is 6.00. The zero-order valence-electron chi connectivity index (χ0n) is 15.0. The summed E-state index contributed by atoms with van der Waals surface area (Å²) in [7, 11) is 0. The summed E-state index contributed by atoms with van der Waals surface area (Å²) in [4.78, 5) is 17.5. The molecule has 1 fully saturated rings. The van der Waals surface area contributed by atoms with Gasteiger partial charge in [0.1, 0.15) is 6.33 Å². The summed E-state index contributed by atoms with van der Waals surface area (Å²) >= 11 is 6.22. The number of hydrogen-bond donors (Lipinski definition) is 1. The van der Waals surface area contributed by atoms with Crippen LogP contribution in [-0.4, -0.2) is 19.7 Å². The fourth-order valence-electron chi connectivity index (χ4n) is 4.18. The molecule has 144 valence electrons. The number of dihydropyridines is 1. The number of allylic oxidation sites excluding steroid dienone is 2. The quantitative estimate of drug-likeness (QED) is 0.700. The van der Waals surface area contributed by atoms with Crippen molar-refractivity contribution in [1.82, 2.24) is 19.4 Å². The lowest BCUT2D eigenvalue weighted by Crippen LogP contribution is -2.47. The van der Waals surface area contributed by atoms with E-state index in [1.54, 1.807) is 22.8 Å². The van der Waals surface area contributed by atoms with Crippen molar-refractivity contribution in [3.05, 3.63) is 58.3 Å². The Hall–Kier alpha value is -2.67. The lowest BCUT2D eigenvalue weighted by atomic mass is 9.89. The maximum Gasteiger partial charge on any atom is 0.320 e. The van der Waals surface area contributed by atoms with Crippen LogP contribution in [0.4, 0.5) is 8.78 Å². The molecule has 0 spiro atoms. The second-order valence-electron chi connectivity index (χ2n) is 7.46. The number of aromatic nitrogens is 3. The van der Waals surface area contributed by atoms with Crippen LogP contribution in [0.2, 0.25) is 5.02 Å². The van der Waals surface area contributed by atoms with Crippen molar-refractivity contribution < 1.29 is 8.78 Å². The molecule has 2 aliphatic rings. The van der Waals surface area contributed by atoms with Gasteiger partial charge in [-0.15, -0.1) is 0 Å². The molecule has 28 heavy (non-hydrogen) atoms. The topological polar surface area (TPSA) is 51.9 Å². The largest absolute Gasteiger partial charge is 0.380 e. The fraction of sp³-hybridized carbons (Fsp3) is 0.300. The standard InChI is InChI=1S/C20H17ClF2N4O/c1-20(11-4-5-11)15(3-2-8-25-20)27-14-9-12(21)6-7-13(14)17-16(18(27)28)24-10-26(17)19(22)23/h2-3,6-11,19,25H,4-5H2,1H3. The van der Waals surface area contributed by atoms with E-state index in [1.165, 1.54) is 0 Å². The number of pyridine rings is 1. The van der Waals surface area contributed by atoms with Crippen LogP contribution in [0.3, 0.4) is 0 Å². The maximum absolute atomic E-state index is 13.5. The highest BCUT2D eigenvalue weighted by molar-refractivity contribution is 6.31.